The van der Waals surface area contributed by atoms with E-state index < -0.39 is 5.97 Å². The number of hydrogen-bond donors (Lipinski definition) is 0. The second kappa shape index (κ2) is 6.91. The molecule has 0 radical (unpaired) electrons. The Morgan fingerprint density at radius 1 is 1.39 bits per heavy atom. The Bertz CT molecular complexity index is 766. The first kappa shape index (κ1) is 15.7. The van der Waals surface area contributed by atoms with Crippen molar-refractivity contribution in [2.75, 3.05) is 13.2 Å². The number of carbonyl (C=O) groups excluding carboxylic acids is 2. The average Bonchev–Trinajstić information content (AvgIpc) is 3.24. The highest BCUT2D eigenvalue weighted by molar-refractivity contribution is 7.16. The molecule has 1 aromatic heterocycles. The Kier molecular flexibility index (Phi) is 4.71. The topological polar surface area (TPSA) is 59.5 Å². The molecule has 0 unspecified atom stereocenters. The van der Waals surface area contributed by atoms with Crippen molar-refractivity contribution in [3.05, 3.63) is 41.0 Å². The largest absolute Gasteiger partial charge is 0.452 e. The van der Waals surface area contributed by atoms with Gasteiger partial charge in [0.25, 0.3) is 5.91 Å². The number of allylic oxidation sites excluding steroid dienone is 2. The van der Waals surface area contributed by atoms with E-state index in [9.17, 15) is 9.59 Å². The minimum Gasteiger partial charge on any atom is -0.452 e. The van der Waals surface area contributed by atoms with Gasteiger partial charge in [-0.2, -0.15) is 0 Å². The normalized spacial score (nSPS) is 13.9. The second-order valence-corrected chi connectivity index (χ2v) is 6.22. The Morgan fingerprint density at radius 2 is 2.26 bits per heavy atom. The molecule has 0 saturated carbocycles. The first-order chi connectivity index (χ1) is 11.2. The maximum atomic E-state index is 12.3. The third kappa shape index (κ3) is 3.42. The molecule has 1 aromatic carbocycles. The average molecular weight is 330 g/mol. The number of hydrogen-bond acceptors (Lipinski definition) is 5. The predicted molar refractivity (Wildman–Crippen MR) is 89.2 cm³/mol. The Hall–Kier alpha value is -2.21. The molecule has 1 heterocycles. The highest BCUT2D eigenvalue weighted by atomic mass is 32.1. The predicted octanol–water partition coefficient (Wildman–Crippen LogP) is 3.37. The first-order valence-electron chi connectivity index (χ1n) is 7.69. The molecule has 120 valence electrons. The van der Waals surface area contributed by atoms with Crippen LogP contribution in [0.15, 0.2) is 35.5 Å². The number of fused-ring (bicyclic) bond motifs is 1. The van der Waals surface area contributed by atoms with Crippen LogP contribution >= 0.6 is 11.3 Å². The molecule has 0 spiro atoms. The number of ether oxygens (including phenoxy) is 1. The standard InChI is InChI=1S/C17H18N2O3S/c1-2-19(13-5-3-4-6-13)16(20)10-22-17(21)12-7-8-14-15(9-12)23-11-18-14/h5,7-9,11H,2-4,6,10H2,1H3. The Labute approximate surface area is 138 Å². The summed E-state index contributed by atoms with van der Waals surface area (Å²) in [4.78, 5) is 30.3. The molecular weight excluding hydrogens is 312 g/mol. The van der Waals surface area contributed by atoms with E-state index in [1.807, 2.05) is 6.92 Å². The molecular formula is C17H18N2O3S. The van der Waals surface area contributed by atoms with E-state index in [0.717, 1.165) is 35.2 Å². The number of carbonyl (C=O) groups is 2. The van der Waals surface area contributed by atoms with E-state index >= 15 is 0 Å². The van der Waals surface area contributed by atoms with Gasteiger partial charge in [0.1, 0.15) is 0 Å². The van der Waals surface area contributed by atoms with Crippen LogP contribution in [-0.4, -0.2) is 34.9 Å². The quantitative estimate of drug-likeness (QED) is 0.789. The Balaban J connectivity index is 1.62. The highest BCUT2D eigenvalue weighted by Gasteiger charge is 2.20. The van der Waals surface area contributed by atoms with Gasteiger partial charge in [-0.05, 0) is 44.4 Å². The summed E-state index contributed by atoms with van der Waals surface area (Å²) in [7, 11) is 0. The molecule has 1 aliphatic rings. The van der Waals surface area contributed by atoms with Crippen LogP contribution in [0.25, 0.3) is 10.2 Å². The molecule has 0 N–H and O–H groups in total. The third-order valence-corrected chi connectivity index (χ3v) is 4.67. The molecule has 23 heavy (non-hydrogen) atoms. The summed E-state index contributed by atoms with van der Waals surface area (Å²) >= 11 is 1.47. The molecule has 0 atom stereocenters. The van der Waals surface area contributed by atoms with Gasteiger partial charge in [0.2, 0.25) is 0 Å². The minimum absolute atomic E-state index is 0.173. The van der Waals surface area contributed by atoms with Crippen molar-refractivity contribution in [3.8, 4) is 0 Å². The van der Waals surface area contributed by atoms with Crippen molar-refractivity contribution in [1.82, 2.24) is 9.88 Å². The van der Waals surface area contributed by atoms with Crippen LogP contribution in [0.1, 0.15) is 36.5 Å². The zero-order valence-electron chi connectivity index (χ0n) is 12.9. The van der Waals surface area contributed by atoms with Gasteiger partial charge in [-0.15, -0.1) is 11.3 Å². The van der Waals surface area contributed by atoms with Gasteiger partial charge in [0, 0.05) is 12.2 Å². The lowest BCUT2D eigenvalue weighted by molar-refractivity contribution is -0.132. The minimum atomic E-state index is -0.481. The van der Waals surface area contributed by atoms with Gasteiger partial charge in [-0.3, -0.25) is 4.79 Å². The number of benzene rings is 1. The molecule has 1 amide bonds. The maximum Gasteiger partial charge on any atom is 0.338 e. The molecule has 0 bridgehead atoms. The van der Waals surface area contributed by atoms with Crippen LogP contribution in [0.5, 0.6) is 0 Å². The van der Waals surface area contributed by atoms with Crippen LogP contribution in [0.2, 0.25) is 0 Å². The van der Waals surface area contributed by atoms with Crippen LogP contribution in [0.4, 0.5) is 0 Å². The van der Waals surface area contributed by atoms with Crippen LogP contribution in [-0.2, 0) is 9.53 Å². The number of amides is 1. The molecule has 6 heteroatoms. The summed E-state index contributed by atoms with van der Waals surface area (Å²) in [6.07, 6.45) is 5.08. The summed E-state index contributed by atoms with van der Waals surface area (Å²) in [6, 6.07) is 5.20. The lowest BCUT2D eigenvalue weighted by Crippen LogP contribution is -2.33. The molecule has 2 aromatic rings. The van der Waals surface area contributed by atoms with Gasteiger partial charge in [0.15, 0.2) is 6.61 Å². The van der Waals surface area contributed by atoms with Crippen molar-refractivity contribution in [2.45, 2.75) is 26.2 Å². The zero-order valence-corrected chi connectivity index (χ0v) is 13.8. The molecule has 3 rings (SSSR count). The lowest BCUT2D eigenvalue weighted by atomic mass is 10.2. The molecule has 0 aliphatic heterocycles. The van der Waals surface area contributed by atoms with Crippen LogP contribution in [0, 0.1) is 0 Å². The van der Waals surface area contributed by atoms with Gasteiger partial charge in [-0.25, -0.2) is 9.78 Å². The van der Waals surface area contributed by atoms with Crippen molar-refractivity contribution in [3.63, 3.8) is 0 Å². The first-order valence-corrected chi connectivity index (χ1v) is 8.56. The van der Waals surface area contributed by atoms with Crippen molar-refractivity contribution < 1.29 is 14.3 Å². The van der Waals surface area contributed by atoms with Gasteiger partial charge in [-0.1, -0.05) is 6.08 Å². The number of aromatic nitrogens is 1. The molecule has 1 aliphatic carbocycles. The van der Waals surface area contributed by atoms with Crippen LogP contribution < -0.4 is 0 Å². The van der Waals surface area contributed by atoms with E-state index in [4.69, 9.17) is 4.74 Å². The summed E-state index contributed by atoms with van der Waals surface area (Å²) < 4.78 is 6.11. The fourth-order valence-electron chi connectivity index (χ4n) is 2.71. The molecule has 5 nitrogen and oxygen atoms in total. The van der Waals surface area contributed by atoms with E-state index in [2.05, 4.69) is 11.1 Å². The third-order valence-electron chi connectivity index (χ3n) is 3.87. The fraction of sp³-hybridized carbons (Fsp3) is 0.353. The monoisotopic (exact) mass is 330 g/mol. The van der Waals surface area contributed by atoms with Crippen molar-refractivity contribution in [2.24, 2.45) is 0 Å². The number of rotatable bonds is 5. The smallest absolute Gasteiger partial charge is 0.338 e. The summed E-state index contributed by atoms with van der Waals surface area (Å²) in [5.41, 5.74) is 4.07. The van der Waals surface area contributed by atoms with E-state index in [1.54, 1.807) is 28.6 Å². The lowest BCUT2D eigenvalue weighted by Gasteiger charge is -2.22. The van der Waals surface area contributed by atoms with E-state index in [-0.39, 0.29) is 12.5 Å². The number of likely N-dealkylation sites (N-methyl/N-ethyl adjacent to an activating group) is 1. The van der Waals surface area contributed by atoms with Crippen molar-refractivity contribution >= 4 is 33.4 Å². The number of nitrogens with zero attached hydrogens (tertiary/aromatic N) is 2. The summed E-state index contributed by atoms with van der Waals surface area (Å²) in [6.45, 7) is 2.29. The highest BCUT2D eigenvalue weighted by Crippen LogP contribution is 2.22. The van der Waals surface area contributed by atoms with E-state index in [0.29, 0.717) is 12.1 Å². The molecule has 0 saturated heterocycles. The number of esters is 1. The maximum absolute atomic E-state index is 12.3. The SMILES string of the molecule is CCN(C(=O)COC(=O)c1ccc2ncsc2c1)C1=CCCC1. The number of thiazole rings is 1. The van der Waals surface area contributed by atoms with Gasteiger partial charge in [0.05, 0.1) is 21.3 Å². The fourth-order valence-corrected chi connectivity index (χ4v) is 3.43. The van der Waals surface area contributed by atoms with Crippen molar-refractivity contribution in [1.29, 1.82) is 0 Å². The zero-order chi connectivity index (χ0) is 16.2. The summed E-state index contributed by atoms with van der Waals surface area (Å²) in [5.74, 6) is -0.655. The molecule has 0 fully saturated rings. The van der Waals surface area contributed by atoms with E-state index in [1.165, 1.54) is 11.3 Å². The van der Waals surface area contributed by atoms with Gasteiger partial charge >= 0.3 is 5.97 Å². The second-order valence-electron chi connectivity index (χ2n) is 5.34. The van der Waals surface area contributed by atoms with Gasteiger partial charge < -0.3 is 9.64 Å². The Morgan fingerprint density at radius 3 is 3.00 bits per heavy atom. The van der Waals surface area contributed by atoms with Crippen LogP contribution in [0.3, 0.4) is 0 Å². The summed E-state index contributed by atoms with van der Waals surface area (Å²) in [5, 5.41) is 0.